The van der Waals surface area contributed by atoms with E-state index < -0.39 is 0 Å². The molecule has 1 heterocycles. The van der Waals surface area contributed by atoms with Crippen molar-refractivity contribution in [2.24, 2.45) is 10.9 Å². The fourth-order valence-electron chi connectivity index (χ4n) is 2.79. The fourth-order valence-corrected chi connectivity index (χ4v) is 3.95. The second kappa shape index (κ2) is 5.45. The lowest BCUT2D eigenvalue weighted by Gasteiger charge is -2.23. The lowest BCUT2D eigenvalue weighted by atomic mass is 10.1. The van der Waals surface area contributed by atoms with Crippen LogP contribution in [0.4, 0.5) is 11.4 Å². The van der Waals surface area contributed by atoms with Crippen molar-refractivity contribution in [2.45, 2.75) is 25.3 Å². The molecule has 1 aromatic carbocycles. The molecule has 102 valence electrons. The van der Waals surface area contributed by atoms with Gasteiger partial charge in [0.2, 0.25) is 0 Å². The predicted molar refractivity (Wildman–Crippen MR) is 85.4 cm³/mol. The van der Waals surface area contributed by atoms with Crippen LogP contribution in [-0.2, 0) is 0 Å². The zero-order valence-electron chi connectivity index (χ0n) is 11.6. The Labute approximate surface area is 119 Å². The maximum Gasteiger partial charge on any atom is 0.161 e. The first-order chi connectivity index (χ1) is 9.22. The Morgan fingerprint density at radius 3 is 2.74 bits per heavy atom. The summed E-state index contributed by atoms with van der Waals surface area (Å²) < 4.78 is 0. The normalized spacial score (nSPS) is 25.7. The summed E-state index contributed by atoms with van der Waals surface area (Å²) in [5, 5.41) is 4.55. The number of nitrogens with one attached hydrogen (secondary N) is 1. The summed E-state index contributed by atoms with van der Waals surface area (Å²) in [5.41, 5.74) is 2.35. The highest BCUT2D eigenvalue weighted by Crippen LogP contribution is 2.35. The summed E-state index contributed by atoms with van der Waals surface area (Å²) in [6.07, 6.45) is 3.99. The average molecular weight is 275 g/mol. The number of aliphatic imine (C=N–C) groups is 1. The minimum absolute atomic E-state index is 0.574. The Hall–Kier alpha value is -1.16. The number of amidine groups is 1. The van der Waals surface area contributed by atoms with E-state index >= 15 is 0 Å². The highest BCUT2D eigenvalue weighted by molar-refractivity contribution is 8.14. The first-order valence-electron chi connectivity index (χ1n) is 6.97. The quantitative estimate of drug-likeness (QED) is 0.896. The molecule has 2 aliphatic rings. The van der Waals surface area contributed by atoms with Crippen molar-refractivity contribution in [1.29, 1.82) is 0 Å². The van der Waals surface area contributed by atoms with Gasteiger partial charge in [-0.15, -0.1) is 0 Å². The van der Waals surface area contributed by atoms with E-state index in [1.54, 1.807) is 0 Å². The summed E-state index contributed by atoms with van der Waals surface area (Å²) in [6, 6.07) is 9.09. The smallest absolute Gasteiger partial charge is 0.161 e. The number of rotatable bonds is 2. The highest BCUT2D eigenvalue weighted by atomic mass is 32.2. The molecule has 1 aliphatic carbocycles. The molecule has 19 heavy (non-hydrogen) atoms. The molecule has 2 unspecified atom stereocenters. The van der Waals surface area contributed by atoms with Gasteiger partial charge in [0.05, 0.1) is 6.04 Å². The lowest BCUT2D eigenvalue weighted by Crippen LogP contribution is -2.25. The topological polar surface area (TPSA) is 27.6 Å². The van der Waals surface area contributed by atoms with Crippen molar-refractivity contribution in [1.82, 2.24) is 0 Å². The first kappa shape index (κ1) is 12.9. The SMILES string of the molecule is CN(C)c1ccc(NC2=NC3CCCC3CS2)cc1. The maximum absolute atomic E-state index is 4.85. The van der Waals surface area contributed by atoms with Crippen LogP contribution in [0.3, 0.4) is 0 Å². The molecule has 1 fully saturated rings. The molecule has 0 spiro atoms. The zero-order valence-corrected chi connectivity index (χ0v) is 12.4. The van der Waals surface area contributed by atoms with Gasteiger partial charge in [-0.2, -0.15) is 0 Å². The van der Waals surface area contributed by atoms with Gasteiger partial charge in [0.1, 0.15) is 0 Å². The van der Waals surface area contributed by atoms with Gasteiger partial charge in [0.15, 0.2) is 5.17 Å². The molecule has 1 aliphatic heterocycles. The third-order valence-electron chi connectivity index (χ3n) is 3.97. The van der Waals surface area contributed by atoms with Gasteiger partial charge in [-0.25, -0.2) is 0 Å². The molecule has 1 saturated carbocycles. The minimum atomic E-state index is 0.574. The number of thioether (sulfide) groups is 1. The van der Waals surface area contributed by atoms with Crippen LogP contribution < -0.4 is 10.2 Å². The fraction of sp³-hybridized carbons (Fsp3) is 0.533. The molecule has 0 amide bonds. The van der Waals surface area contributed by atoms with E-state index in [0.717, 1.165) is 16.8 Å². The van der Waals surface area contributed by atoms with E-state index in [9.17, 15) is 0 Å². The predicted octanol–water partition coefficient (Wildman–Crippen LogP) is 3.44. The summed E-state index contributed by atoms with van der Waals surface area (Å²) in [5.74, 6) is 2.05. The van der Waals surface area contributed by atoms with Crippen LogP contribution in [0, 0.1) is 5.92 Å². The van der Waals surface area contributed by atoms with Gasteiger partial charge < -0.3 is 10.2 Å². The third kappa shape index (κ3) is 2.89. The molecule has 0 bridgehead atoms. The van der Waals surface area contributed by atoms with Crippen LogP contribution in [0.25, 0.3) is 0 Å². The lowest BCUT2D eigenvalue weighted by molar-refractivity contribution is 0.535. The summed E-state index contributed by atoms with van der Waals surface area (Å²) in [4.78, 5) is 6.97. The Morgan fingerprint density at radius 1 is 1.21 bits per heavy atom. The molecule has 0 radical (unpaired) electrons. The van der Waals surface area contributed by atoms with E-state index in [2.05, 4.69) is 48.6 Å². The van der Waals surface area contributed by atoms with Crippen molar-refractivity contribution in [3.05, 3.63) is 24.3 Å². The monoisotopic (exact) mass is 275 g/mol. The number of nitrogens with zero attached hydrogens (tertiary/aromatic N) is 2. The van der Waals surface area contributed by atoms with Gasteiger partial charge in [-0.1, -0.05) is 18.2 Å². The van der Waals surface area contributed by atoms with E-state index in [4.69, 9.17) is 4.99 Å². The maximum atomic E-state index is 4.85. The van der Waals surface area contributed by atoms with Crippen molar-refractivity contribution in [3.8, 4) is 0 Å². The number of anilines is 2. The van der Waals surface area contributed by atoms with Crippen LogP contribution >= 0.6 is 11.8 Å². The average Bonchev–Trinajstić information content (AvgIpc) is 2.87. The molecule has 4 heteroatoms. The largest absolute Gasteiger partial charge is 0.378 e. The van der Waals surface area contributed by atoms with Crippen LogP contribution in [0.5, 0.6) is 0 Å². The summed E-state index contributed by atoms with van der Waals surface area (Å²) in [7, 11) is 4.12. The number of hydrogen-bond donors (Lipinski definition) is 1. The van der Waals surface area contributed by atoms with Gasteiger partial charge in [-0.05, 0) is 43.0 Å². The van der Waals surface area contributed by atoms with Crippen LogP contribution in [-0.4, -0.2) is 31.1 Å². The standard InChI is InChI=1S/C15H21N3S/c1-18(2)13-8-6-12(7-9-13)16-15-17-14-5-3-4-11(14)10-19-15/h6-9,11,14H,3-5,10H2,1-2H3,(H,16,17). The Bertz CT molecular complexity index is 467. The van der Waals surface area contributed by atoms with Crippen LogP contribution in [0.1, 0.15) is 19.3 Å². The van der Waals surface area contributed by atoms with Crippen molar-refractivity contribution < 1.29 is 0 Å². The highest BCUT2D eigenvalue weighted by Gasteiger charge is 2.30. The molecule has 0 saturated heterocycles. The molecule has 0 aromatic heterocycles. The van der Waals surface area contributed by atoms with E-state index in [-0.39, 0.29) is 0 Å². The second-order valence-electron chi connectivity index (χ2n) is 5.57. The van der Waals surface area contributed by atoms with Gasteiger partial charge in [0.25, 0.3) is 0 Å². The molecule has 1 N–H and O–H groups in total. The van der Waals surface area contributed by atoms with E-state index in [1.165, 1.54) is 30.7 Å². The number of hydrogen-bond acceptors (Lipinski definition) is 4. The molecule has 2 atom stereocenters. The van der Waals surface area contributed by atoms with Crippen LogP contribution in [0.2, 0.25) is 0 Å². The van der Waals surface area contributed by atoms with Gasteiger partial charge in [0, 0.05) is 31.2 Å². The van der Waals surface area contributed by atoms with Crippen molar-refractivity contribution in [3.63, 3.8) is 0 Å². The Morgan fingerprint density at radius 2 is 2.00 bits per heavy atom. The molecular weight excluding hydrogens is 254 g/mol. The van der Waals surface area contributed by atoms with E-state index in [1.807, 2.05) is 11.8 Å². The van der Waals surface area contributed by atoms with Gasteiger partial charge in [-0.3, -0.25) is 4.99 Å². The first-order valence-corrected chi connectivity index (χ1v) is 7.96. The minimum Gasteiger partial charge on any atom is -0.378 e. The summed E-state index contributed by atoms with van der Waals surface area (Å²) >= 11 is 1.87. The number of fused-ring (bicyclic) bond motifs is 1. The van der Waals surface area contributed by atoms with Crippen molar-refractivity contribution >= 4 is 28.3 Å². The number of benzene rings is 1. The van der Waals surface area contributed by atoms with E-state index in [0.29, 0.717) is 6.04 Å². The summed E-state index contributed by atoms with van der Waals surface area (Å²) in [6.45, 7) is 0. The molecule has 1 aromatic rings. The second-order valence-corrected chi connectivity index (χ2v) is 6.58. The van der Waals surface area contributed by atoms with Gasteiger partial charge >= 0.3 is 0 Å². The Kier molecular flexibility index (Phi) is 3.69. The molecular formula is C15H21N3S. The van der Waals surface area contributed by atoms with Crippen LogP contribution in [0.15, 0.2) is 29.3 Å². The Balaban J connectivity index is 1.68. The van der Waals surface area contributed by atoms with Crippen molar-refractivity contribution in [2.75, 3.05) is 30.1 Å². The molecule has 3 rings (SSSR count). The third-order valence-corrected chi connectivity index (χ3v) is 5.05. The zero-order chi connectivity index (χ0) is 13.2. The molecule has 3 nitrogen and oxygen atoms in total.